The van der Waals surface area contributed by atoms with E-state index in [0.29, 0.717) is 0 Å². The lowest BCUT2D eigenvalue weighted by atomic mass is 9.99. The highest BCUT2D eigenvalue weighted by atomic mass is 15.4. The lowest BCUT2D eigenvalue weighted by Crippen LogP contribution is -2.34. The maximum absolute atomic E-state index is 6.04. The molecule has 1 aliphatic heterocycles. The number of hydrogen-bond donors (Lipinski definition) is 1. The van der Waals surface area contributed by atoms with Gasteiger partial charge in [0, 0.05) is 20.1 Å². The van der Waals surface area contributed by atoms with Crippen LogP contribution >= 0.6 is 0 Å². The van der Waals surface area contributed by atoms with E-state index in [9.17, 15) is 0 Å². The van der Waals surface area contributed by atoms with E-state index in [4.69, 9.17) is 5.73 Å². The average Bonchev–Trinajstić information content (AvgIpc) is 2.44. The number of aromatic nitrogens is 2. The van der Waals surface area contributed by atoms with Crippen molar-refractivity contribution in [2.75, 3.05) is 23.7 Å². The van der Waals surface area contributed by atoms with Crippen LogP contribution in [-0.4, -0.2) is 22.9 Å². The number of hydrogen-bond acceptors (Lipinski definition) is 3. The summed E-state index contributed by atoms with van der Waals surface area (Å²) < 4.78 is 1.90. The van der Waals surface area contributed by atoms with Gasteiger partial charge in [0.15, 0.2) is 0 Å². The number of nitrogens with two attached hydrogens (primary N) is 1. The van der Waals surface area contributed by atoms with Crippen LogP contribution in [0.3, 0.4) is 0 Å². The number of nitrogen functional groups attached to an aromatic ring is 1. The van der Waals surface area contributed by atoms with Crippen molar-refractivity contribution >= 4 is 11.5 Å². The Hall–Kier alpha value is -1.19. The Morgan fingerprint density at radius 2 is 1.93 bits per heavy atom. The van der Waals surface area contributed by atoms with Crippen LogP contribution in [0.25, 0.3) is 0 Å². The summed E-state index contributed by atoms with van der Waals surface area (Å²) in [5.41, 5.74) is 7.82. The predicted molar refractivity (Wildman–Crippen MR) is 63.0 cm³/mol. The van der Waals surface area contributed by atoms with Crippen LogP contribution in [0, 0.1) is 12.8 Å². The fraction of sp³-hybridized carbons (Fsp3) is 0.727. The Bertz CT molecular complexity index is 348. The number of anilines is 2. The van der Waals surface area contributed by atoms with Gasteiger partial charge in [0.1, 0.15) is 5.82 Å². The first-order valence-electron chi connectivity index (χ1n) is 5.63. The van der Waals surface area contributed by atoms with Crippen molar-refractivity contribution in [1.82, 2.24) is 9.78 Å². The monoisotopic (exact) mass is 208 g/mol. The highest BCUT2D eigenvalue weighted by Gasteiger charge is 2.21. The maximum Gasteiger partial charge on any atom is 0.150 e. The molecule has 84 valence electrons. The molecule has 1 aromatic heterocycles. The van der Waals surface area contributed by atoms with Crippen molar-refractivity contribution in [2.45, 2.75) is 26.7 Å². The molecule has 0 amide bonds. The van der Waals surface area contributed by atoms with Gasteiger partial charge < -0.3 is 10.6 Å². The molecule has 0 saturated carbocycles. The summed E-state index contributed by atoms with van der Waals surface area (Å²) >= 11 is 0. The Labute approximate surface area is 91.1 Å². The summed E-state index contributed by atoms with van der Waals surface area (Å²) in [6.07, 6.45) is 2.51. The fourth-order valence-electron chi connectivity index (χ4n) is 2.26. The molecule has 4 nitrogen and oxygen atoms in total. The molecule has 1 aromatic rings. The minimum absolute atomic E-state index is 0.840. The van der Waals surface area contributed by atoms with Crippen LogP contribution < -0.4 is 10.6 Å². The molecular formula is C11H20N4. The van der Waals surface area contributed by atoms with Gasteiger partial charge in [-0.15, -0.1) is 0 Å². The Morgan fingerprint density at radius 1 is 1.33 bits per heavy atom. The van der Waals surface area contributed by atoms with E-state index in [2.05, 4.69) is 16.9 Å². The van der Waals surface area contributed by atoms with Gasteiger partial charge in [0.05, 0.1) is 11.4 Å². The number of aryl methyl sites for hydroxylation is 2. The van der Waals surface area contributed by atoms with Crippen molar-refractivity contribution in [3.8, 4) is 0 Å². The van der Waals surface area contributed by atoms with Crippen LogP contribution in [0.4, 0.5) is 11.5 Å². The van der Waals surface area contributed by atoms with Crippen LogP contribution in [0.2, 0.25) is 0 Å². The van der Waals surface area contributed by atoms with Crippen LogP contribution in [0.5, 0.6) is 0 Å². The van der Waals surface area contributed by atoms with E-state index in [1.165, 1.54) is 12.8 Å². The quantitative estimate of drug-likeness (QED) is 0.761. The van der Waals surface area contributed by atoms with Gasteiger partial charge in [0.2, 0.25) is 0 Å². The van der Waals surface area contributed by atoms with E-state index in [1.54, 1.807) is 0 Å². The van der Waals surface area contributed by atoms with Gasteiger partial charge in [-0.25, -0.2) is 0 Å². The van der Waals surface area contributed by atoms with Crippen molar-refractivity contribution in [3.63, 3.8) is 0 Å². The summed E-state index contributed by atoms with van der Waals surface area (Å²) in [7, 11) is 1.97. The summed E-state index contributed by atoms with van der Waals surface area (Å²) in [5, 5.41) is 4.35. The first-order chi connectivity index (χ1) is 7.09. The van der Waals surface area contributed by atoms with E-state index in [0.717, 1.165) is 36.2 Å². The Kier molecular flexibility index (Phi) is 2.59. The van der Waals surface area contributed by atoms with Crippen LogP contribution in [0.1, 0.15) is 25.5 Å². The molecule has 0 aliphatic carbocycles. The standard InChI is InChI=1S/C11H20N4/c1-8-4-6-15(7-5-8)11-10(12)9(2)13-14(11)3/h8H,4-7,12H2,1-3H3. The highest BCUT2D eigenvalue weighted by molar-refractivity contribution is 5.66. The minimum atomic E-state index is 0.840. The molecule has 15 heavy (non-hydrogen) atoms. The van der Waals surface area contributed by atoms with Gasteiger partial charge in [-0.2, -0.15) is 5.10 Å². The maximum atomic E-state index is 6.04. The third-order valence-corrected chi connectivity index (χ3v) is 3.32. The van der Waals surface area contributed by atoms with Gasteiger partial charge in [-0.05, 0) is 25.7 Å². The molecule has 1 fully saturated rings. The summed E-state index contributed by atoms with van der Waals surface area (Å²) in [4.78, 5) is 2.36. The van der Waals surface area contributed by atoms with Gasteiger partial charge in [-0.3, -0.25) is 4.68 Å². The third-order valence-electron chi connectivity index (χ3n) is 3.32. The van der Waals surface area contributed by atoms with Crippen molar-refractivity contribution in [3.05, 3.63) is 5.69 Å². The molecular weight excluding hydrogens is 188 g/mol. The summed E-state index contributed by atoms with van der Waals surface area (Å²) in [5.74, 6) is 1.94. The second-order valence-electron chi connectivity index (χ2n) is 4.62. The molecule has 0 radical (unpaired) electrons. The zero-order valence-corrected chi connectivity index (χ0v) is 9.82. The number of rotatable bonds is 1. The van der Waals surface area contributed by atoms with E-state index in [-0.39, 0.29) is 0 Å². The molecule has 1 aliphatic rings. The smallest absolute Gasteiger partial charge is 0.150 e. The molecule has 0 unspecified atom stereocenters. The zero-order chi connectivity index (χ0) is 11.0. The second-order valence-corrected chi connectivity index (χ2v) is 4.62. The van der Waals surface area contributed by atoms with Gasteiger partial charge in [0.25, 0.3) is 0 Å². The summed E-state index contributed by atoms with van der Waals surface area (Å²) in [6.45, 7) is 6.48. The average molecular weight is 208 g/mol. The van der Waals surface area contributed by atoms with Gasteiger partial charge in [-0.1, -0.05) is 6.92 Å². The molecule has 0 aromatic carbocycles. The molecule has 4 heteroatoms. The van der Waals surface area contributed by atoms with Crippen molar-refractivity contribution < 1.29 is 0 Å². The normalized spacial score (nSPS) is 18.5. The van der Waals surface area contributed by atoms with Crippen LogP contribution in [-0.2, 0) is 7.05 Å². The SMILES string of the molecule is Cc1nn(C)c(N2CCC(C)CC2)c1N. The van der Waals surface area contributed by atoms with Gasteiger partial charge >= 0.3 is 0 Å². The number of piperidine rings is 1. The van der Waals surface area contributed by atoms with Crippen molar-refractivity contribution in [1.29, 1.82) is 0 Å². The fourth-order valence-corrected chi connectivity index (χ4v) is 2.26. The lowest BCUT2D eigenvalue weighted by Gasteiger charge is -2.32. The Morgan fingerprint density at radius 3 is 2.40 bits per heavy atom. The first-order valence-corrected chi connectivity index (χ1v) is 5.63. The molecule has 2 rings (SSSR count). The topological polar surface area (TPSA) is 47.1 Å². The molecule has 0 atom stereocenters. The zero-order valence-electron chi connectivity index (χ0n) is 9.82. The molecule has 1 saturated heterocycles. The minimum Gasteiger partial charge on any atom is -0.394 e. The molecule has 0 spiro atoms. The lowest BCUT2D eigenvalue weighted by molar-refractivity contribution is 0.433. The molecule has 2 heterocycles. The van der Waals surface area contributed by atoms with E-state index < -0.39 is 0 Å². The largest absolute Gasteiger partial charge is 0.394 e. The van der Waals surface area contributed by atoms with Crippen LogP contribution in [0.15, 0.2) is 0 Å². The summed E-state index contributed by atoms with van der Waals surface area (Å²) in [6, 6.07) is 0. The molecule has 0 bridgehead atoms. The third kappa shape index (κ3) is 1.80. The Balaban J connectivity index is 2.22. The first kappa shape index (κ1) is 10.3. The highest BCUT2D eigenvalue weighted by Crippen LogP contribution is 2.29. The second kappa shape index (κ2) is 3.76. The van der Waals surface area contributed by atoms with Crippen molar-refractivity contribution in [2.24, 2.45) is 13.0 Å². The van der Waals surface area contributed by atoms with E-state index >= 15 is 0 Å². The van der Waals surface area contributed by atoms with E-state index in [1.807, 2.05) is 18.7 Å². The number of nitrogens with zero attached hydrogens (tertiary/aromatic N) is 3. The predicted octanol–water partition coefficient (Wildman–Crippen LogP) is 1.55. The molecule has 2 N–H and O–H groups in total.